The zero-order valence-electron chi connectivity index (χ0n) is 9.83. The van der Waals surface area contributed by atoms with Gasteiger partial charge in [0.25, 0.3) is 0 Å². The van der Waals surface area contributed by atoms with Gasteiger partial charge < -0.3 is 9.80 Å². The van der Waals surface area contributed by atoms with Gasteiger partial charge >= 0.3 is 0 Å². The van der Waals surface area contributed by atoms with E-state index in [0.29, 0.717) is 5.91 Å². The van der Waals surface area contributed by atoms with E-state index < -0.39 is 0 Å². The Morgan fingerprint density at radius 1 is 1.12 bits per heavy atom. The number of hydrogen-bond donors (Lipinski definition) is 0. The summed E-state index contributed by atoms with van der Waals surface area (Å²) in [6.45, 7) is 5.58. The van der Waals surface area contributed by atoms with Crippen molar-refractivity contribution in [2.24, 2.45) is 0 Å². The molecule has 0 saturated carbocycles. The van der Waals surface area contributed by atoms with Crippen LogP contribution < -0.4 is 0 Å². The van der Waals surface area contributed by atoms with Crippen LogP contribution in [-0.2, 0) is 4.79 Å². The Labute approximate surface area is 106 Å². The molecule has 92 valence electrons. The lowest BCUT2D eigenvalue weighted by Crippen LogP contribution is -2.42. The quantitative estimate of drug-likeness (QED) is 0.738. The van der Waals surface area contributed by atoms with Gasteiger partial charge in [0.1, 0.15) is 0 Å². The van der Waals surface area contributed by atoms with E-state index in [-0.39, 0.29) is 4.83 Å². The molecule has 2 fully saturated rings. The van der Waals surface area contributed by atoms with Crippen molar-refractivity contribution >= 4 is 21.8 Å². The fraction of sp³-hybridized carbons (Fsp3) is 0.917. The first-order valence-corrected chi connectivity index (χ1v) is 7.34. The average molecular weight is 289 g/mol. The number of piperidine rings is 1. The maximum absolute atomic E-state index is 11.8. The van der Waals surface area contributed by atoms with E-state index in [1.54, 1.807) is 0 Å². The number of alkyl halides is 1. The maximum Gasteiger partial charge on any atom is 0.236 e. The van der Waals surface area contributed by atoms with Crippen molar-refractivity contribution in [3.8, 4) is 0 Å². The number of carbonyl (C=O) groups excluding carboxylic acids is 1. The fourth-order valence-electron chi connectivity index (χ4n) is 2.61. The number of hydrogen-bond acceptors (Lipinski definition) is 2. The summed E-state index contributed by atoms with van der Waals surface area (Å²) in [5, 5.41) is 0. The molecule has 0 radical (unpaired) electrons. The third-order valence-corrected chi connectivity index (χ3v) is 4.42. The van der Waals surface area contributed by atoms with Crippen molar-refractivity contribution < 1.29 is 4.79 Å². The van der Waals surface area contributed by atoms with Gasteiger partial charge in [-0.1, -0.05) is 15.9 Å². The van der Waals surface area contributed by atoms with E-state index in [9.17, 15) is 4.79 Å². The lowest BCUT2D eigenvalue weighted by atomic mass is 10.1. The van der Waals surface area contributed by atoms with Gasteiger partial charge in [-0.25, -0.2) is 0 Å². The highest BCUT2D eigenvalue weighted by atomic mass is 79.9. The Hall–Kier alpha value is -0.0900. The lowest BCUT2D eigenvalue weighted by Gasteiger charge is -2.30. The van der Waals surface area contributed by atoms with Gasteiger partial charge in [0.2, 0.25) is 5.91 Å². The summed E-state index contributed by atoms with van der Waals surface area (Å²) < 4.78 is 0. The van der Waals surface area contributed by atoms with Gasteiger partial charge in [-0.15, -0.1) is 0 Å². The number of likely N-dealkylation sites (tertiary alicyclic amines) is 2. The van der Waals surface area contributed by atoms with Gasteiger partial charge in [-0.2, -0.15) is 0 Å². The summed E-state index contributed by atoms with van der Waals surface area (Å²) in [7, 11) is 0. The van der Waals surface area contributed by atoms with E-state index in [1.807, 2.05) is 4.90 Å². The van der Waals surface area contributed by atoms with Crippen LogP contribution in [0.2, 0.25) is 0 Å². The minimum atomic E-state index is 0.0769. The van der Waals surface area contributed by atoms with Crippen LogP contribution in [0.25, 0.3) is 0 Å². The van der Waals surface area contributed by atoms with Crippen LogP contribution in [0.5, 0.6) is 0 Å². The van der Waals surface area contributed by atoms with Crippen LogP contribution in [-0.4, -0.2) is 53.3 Å². The molecule has 4 heteroatoms. The SMILES string of the molecule is O=C1C(Br)CCCN1CCCN1CCCC1. The van der Waals surface area contributed by atoms with Crippen molar-refractivity contribution in [1.82, 2.24) is 9.80 Å². The zero-order valence-corrected chi connectivity index (χ0v) is 11.4. The molecule has 0 aromatic heterocycles. The molecule has 1 atom stereocenters. The Morgan fingerprint density at radius 2 is 1.88 bits per heavy atom. The number of nitrogens with zero attached hydrogens (tertiary/aromatic N) is 2. The van der Waals surface area contributed by atoms with E-state index >= 15 is 0 Å². The molecule has 3 nitrogen and oxygen atoms in total. The van der Waals surface area contributed by atoms with Gasteiger partial charge in [0.15, 0.2) is 0 Å². The van der Waals surface area contributed by atoms with Crippen molar-refractivity contribution in [3.05, 3.63) is 0 Å². The highest BCUT2D eigenvalue weighted by molar-refractivity contribution is 9.10. The first kappa shape index (κ1) is 12.4. The summed E-state index contributed by atoms with van der Waals surface area (Å²) in [5.41, 5.74) is 0. The number of rotatable bonds is 4. The number of halogens is 1. The summed E-state index contributed by atoms with van der Waals surface area (Å²) in [6, 6.07) is 0. The standard InChI is InChI=1S/C12H21BrN2O/c13-11-5-3-9-15(12(11)16)10-4-8-14-6-1-2-7-14/h11H,1-10H2. The predicted molar refractivity (Wildman–Crippen MR) is 68.8 cm³/mol. The summed E-state index contributed by atoms with van der Waals surface area (Å²) in [5.74, 6) is 0.299. The Morgan fingerprint density at radius 3 is 2.62 bits per heavy atom. The monoisotopic (exact) mass is 288 g/mol. The van der Waals surface area contributed by atoms with E-state index in [2.05, 4.69) is 20.8 Å². The highest BCUT2D eigenvalue weighted by Crippen LogP contribution is 2.18. The lowest BCUT2D eigenvalue weighted by molar-refractivity contribution is -0.132. The molecule has 2 heterocycles. The largest absolute Gasteiger partial charge is 0.342 e. The first-order valence-electron chi connectivity index (χ1n) is 6.42. The van der Waals surface area contributed by atoms with Crippen molar-refractivity contribution in [2.45, 2.75) is 36.9 Å². The second kappa shape index (κ2) is 6.01. The zero-order chi connectivity index (χ0) is 11.4. The molecule has 2 aliphatic rings. The molecule has 1 amide bonds. The minimum absolute atomic E-state index is 0.0769. The normalized spacial score (nSPS) is 27.7. The van der Waals surface area contributed by atoms with Crippen molar-refractivity contribution in [2.75, 3.05) is 32.7 Å². The van der Waals surface area contributed by atoms with Crippen molar-refractivity contribution in [1.29, 1.82) is 0 Å². The van der Waals surface area contributed by atoms with E-state index in [4.69, 9.17) is 0 Å². The van der Waals surface area contributed by atoms with Crippen LogP contribution in [0.4, 0.5) is 0 Å². The summed E-state index contributed by atoms with van der Waals surface area (Å²) in [4.78, 5) is 16.4. The molecule has 2 aliphatic heterocycles. The van der Waals surface area contributed by atoms with Gasteiger partial charge in [-0.3, -0.25) is 4.79 Å². The van der Waals surface area contributed by atoms with Crippen LogP contribution in [0.3, 0.4) is 0 Å². The topological polar surface area (TPSA) is 23.6 Å². The highest BCUT2D eigenvalue weighted by Gasteiger charge is 2.25. The molecule has 0 spiro atoms. The molecular weight excluding hydrogens is 268 g/mol. The molecule has 0 bridgehead atoms. The smallest absolute Gasteiger partial charge is 0.236 e. The average Bonchev–Trinajstić information content (AvgIpc) is 2.77. The van der Waals surface area contributed by atoms with Gasteiger partial charge in [0.05, 0.1) is 4.83 Å². The Kier molecular flexibility index (Phi) is 4.65. The molecule has 0 aromatic carbocycles. The fourth-order valence-corrected chi connectivity index (χ4v) is 3.22. The van der Waals surface area contributed by atoms with Gasteiger partial charge in [0, 0.05) is 13.1 Å². The van der Waals surface area contributed by atoms with Gasteiger partial charge in [-0.05, 0) is 51.7 Å². The Bertz CT molecular complexity index is 241. The molecule has 2 saturated heterocycles. The molecule has 16 heavy (non-hydrogen) atoms. The first-order chi connectivity index (χ1) is 7.77. The molecule has 0 N–H and O–H groups in total. The molecule has 2 rings (SSSR count). The molecule has 0 aromatic rings. The van der Waals surface area contributed by atoms with Crippen molar-refractivity contribution in [3.63, 3.8) is 0 Å². The number of amides is 1. The maximum atomic E-state index is 11.8. The third kappa shape index (κ3) is 3.20. The summed E-state index contributed by atoms with van der Waals surface area (Å²) in [6.07, 6.45) is 5.98. The number of carbonyl (C=O) groups is 1. The summed E-state index contributed by atoms with van der Waals surface area (Å²) >= 11 is 3.45. The molecule has 1 unspecified atom stereocenters. The minimum Gasteiger partial charge on any atom is -0.342 e. The van der Waals surface area contributed by atoms with Crippen LogP contribution in [0.1, 0.15) is 32.1 Å². The predicted octanol–water partition coefficient (Wildman–Crippen LogP) is 1.86. The molecule has 0 aliphatic carbocycles. The second-order valence-electron chi connectivity index (χ2n) is 4.84. The van der Waals surface area contributed by atoms with Crippen LogP contribution >= 0.6 is 15.9 Å². The molecular formula is C12H21BrN2O. The second-order valence-corrected chi connectivity index (χ2v) is 5.94. The van der Waals surface area contributed by atoms with E-state index in [0.717, 1.165) is 38.9 Å². The van der Waals surface area contributed by atoms with E-state index in [1.165, 1.54) is 25.9 Å². The van der Waals surface area contributed by atoms with Crippen LogP contribution in [0.15, 0.2) is 0 Å². The Balaban J connectivity index is 1.66. The third-order valence-electron chi connectivity index (χ3n) is 3.57. The van der Waals surface area contributed by atoms with Crippen LogP contribution in [0, 0.1) is 0 Å².